The summed E-state index contributed by atoms with van der Waals surface area (Å²) in [4.78, 5) is 10.9. The molecule has 174 valence electrons. The van der Waals surface area contributed by atoms with Crippen LogP contribution < -0.4 is 4.74 Å². The maximum Gasteiger partial charge on any atom is 0.223 e. The number of nitrogens with zero attached hydrogens (tertiary/aromatic N) is 4. The van der Waals surface area contributed by atoms with Crippen LogP contribution in [0.2, 0.25) is 0 Å². The van der Waals surface area contributed by atoms with Crippen molar-refractivity contribution in [3.8, 4) is 17.1 Å². The van der Waals surface area contributed by atoms with Crippen LogP contribution in [0.15, 0.2) is 45.9 Å². The van der Waals surface area contributed by atoms with Gasteiger partial charge in [0.2, 0.25) is 11.7 Å². The average Bonchev–Trinajstić information content (AvgIpc) is 3.21. The molecule has 0 saturated carbocycles. The molecular formula is C25H29FN4O2S. The number of aromatic nitrogens is 2. The van der Waals surface area contributed by atoms with Gasteiger partial charge in [-0.05, 0) is 75.7 Å². The van der Waals surface area contributed by atoms with E-state index in [2.05, 4.69) is 20.9 Å². The highest BCUT2D eigenvalue weighted by molar-refractivity contribution is 8.01. The second-order valence-electron chi connectivity index (χ2n) is 7.95. The summed E-state index contributed by atoms with van der Waals surface area (Å²) in [6, 6.07) is 11.0. The molecular weight excluding hydrogens is 439 g/mol. The molecule has 0 aliphatic heterocycles. The van der Waals surface area contributed by atoms with E-state index in [9.17, 15) is 0 Å². The Kier molecular flexibility index (Phi) is 8.63. The van der Waals surface area contributed by atoms with Gasteiger partial charge in [0.25, 0.3) is 0 Å². The molecule has 2 radical (unpaired) electrons. The Morgan fingerprint density at radius 3 is 2.58 bits per heavy atom. The molecule has 2 aromatic carbocycles. The molecule has 0 N–H and O–H groups in total. The van der Waals surface area contributed by atoms with Gasteiger partial charge in [-0.15, -0.1) is 11.8 Å². The lowest BCUT2D eigenvalue weighted by Crippen LogP contribution is -2.28. The van der Waals surface area contributed by atoms with E-state index in [1.165, 1.54) is 11.8 Å². The maximum atomic E-state index is 15.6. The second kappa shape index (κ2) is 11.4. The first-order valence-corrected chi connectivity index (χ1v) is 12.0. The number of ether oxygens (including phenoxy) is 1. The molecule has 1 unspecified atom stereocenters. The van der Waals surface area contributed by atoms with E-state index in [0.29, 0.717) is 35.2 Å². The maximum absolute atomic E-state index is 15.6. The quantitative estimate of drug-likeness (QED) is 0.361. The molecule has 0 bridgehead atoms. The topological polar surface area (TPSA) is 63.8 Å². The van der Waals surface area contributed by atoms with Crippen LogP contribution in [0.25, 0.3) is 11.4 Å². The van der Waals surface area contributed by atoms with E-state index < -0.39 is 5.82 Å². The van der Waals surface area contributed by atoms with Crippen molar-refractivity contribution in [1.29, 1.82) is 0 Å². The Morgan fingerprint density at radius 2 is 2.00 bits per heavy atom. The first-order chi connectivity index (χ1) is 15.8. The normalized spacial score (nSPS) is 12.9. The van der Waals surface area contributed by atoms with Gasteiger partial charge in [-0.3, -0.25) is 4.99 Å². The van der Waals surface area contributed by atoms with Gasteiger partial charge >= 0.3 is 0 Å². The molecule has 33 heavy (non-hydrogen) atoms. The highest BCUT2D eigenvalue weighted by atomic mass is 32.2. The molecule has 0 saturated heterocycles. The van der Waals surface area contributed by atoms with Crippen LogP contribution in [-0.2, 0) is 6.42 Å². The Balaban J connectivity index is 1.96. The molecule has 1 aromatic heterocycles. The molecule has 8 heteroatoms. The van der Waals surface area contributed by atoms with E-state index in [1.54, 1.807) is 13.0 Å². The average molecular weight is 469 g/mol. The molecule has 3 aromatic rings. The Morgan fingerprint density at radius 1 is 1.27 bits per heavy atom. The van der Waals surface area contributed by atoms with E-state index in [4.69, 9.17) is 9.26 Å². The first kappa shape index (κ1) is 24.9. The smallest absolute Gasteiger partial charge is 0.223 e. The van der Waals surface area contributed by atoms with Crippen LogP contribution in [0, 0.1) is 18.5 Å². The molecule has 1 heterocycles. The summed E-state index contributed by atoms with van der Waals surface area (Å²) in [5.74, 6) is 3.94. The summed E-state index contributed by atoms with van der Waals surface area (Å²) < 4.78 is 26.6. The standard InChI is InChI=1S/C25H29FN4O2S/c1-7-18-12-21(24(26)23(13-18)31-16(2)14-30(4)5)22(15-33-6)28-20-10-8-19(9-11-20)25-27-17(3)32-29-25/h8-13,16H,7,14H2,1-6H3/b28-22+. The summed E-state index contributed by atoms with van der Waals surface area (Å²) in [7, 11) is 3.92. The summed E-state index contributed by atoms with van der Waals surface area (Å²) in [5.41, 5.74) is 3.24. The van der Waals surface area contributed by atoms with Gasteiger partial charge < -0.3 is 14.2 Å². The van der Waals surface area contributed by atoms with Crippen LogP contribution in [0.5, 0.6) is 5.75 Å². The van der Waals surface area contributed by atoms with Crippen molar-refractivity contribution >= 4 is 23.2 Å². The van der Waals surface area contributed by atoms with Crippen molar-refractivity contribution in [2.24, 2.45) is 4.99 Å². The van der Waals surface area contributed by atoms with E-state index in [0.717, 1.165) is 17.5 Å². The fourth-order valence-electron chi connectivity index (χ4n) is 3.35. The van der Waals surface area contributed by atoms with Gasteiger partial charge in [0.15, 0.2) is 11.6 Å². The van der Waals surface area contributed by atoms with Crippen LogP contribution in [0.1, 0.15) is 30.9 Å². The number of benzene rings is 2. The zero-order valence-corrected chi connectivity index (χ0v) is 20.7. The molecule has 0 aliphatic carbocycles. The highest BCUT2D eigenvalue weighted by Gasteiger charge is 2.19. The fourth-order valence-corrected chi connectivity index (χ4v) is 3.70. The lowest BCUT2D eigenvalue weighted by molar-refractivity contribution is 0.170. The van der Waals surface area contributed by atoms with Crippen molar-refractivity contribution < 1.29 is 13.7 Å². The van der Waals surface area contributed by atoms with E-state index in [1.807, 2.05) is 69.4 Å². The van der Waals surface area contributed by atoms with Gasteiger partial charge in [-0.1, -0.05) is 12.1 Å². The Bertz CT molecular complexity index is 1100. The Hall–Kier alpha value is -2.71. The van der Waals surface area contributed by atoms with Crippen molar-refractivity contribution in [2.75, 3.05) is 26.9 Å². The van der Waals surface area contributed by atoms with Gasteiger partial charge in [0, 0.05) is 24.6 Å². The van der Waals surface area contributed by atoms with Crippen LogP contribution in [0.3, 0.4) is 0 Å². The minimum Gasteiger partial charge on any atom is -0.486 e. The van der Waals surface area contributed by atoms with Crippen molar-refractivity contribution in [3.63, 3.8) is 0 Å². The molecule has 3 rings (SSSR count). The molecule has 0 fully saturated rings. The van der Waals surface area contributed by atoms with Crippen LogP contribution >= 0.6 is 11.8 Å². The number of rotatable bonds is 10. The summed E-state index contributed by atoms with van der Waals surface area (Å²) in [6.07, 6.45) is 2.46. The van der Waals surface area contributed by atoms with E-state index >= 15 is 4.39 Å². The summed E-state index contributed by atoms with van der Waals surface area (Å²) >= 11 is 1.35. The molecule has 6 nitrogen and oxygen atoms in total. The molecule has 0 spiro atoms. The van der Waals surface area contributed by atoms with Gasteiger partial charge in [-0.25, -0.2) is 4.39 Å². The lowest BCUT2D eigenvalue weighted by Gasteiger charge is -2.20. The predicted octanol–water partition coefficient (Wildman–Crippen LogP) is 5.60. The SMILES string of the molecule is CCc1cc(OC(C)CN(C)C)c(F)c(/C([C]SC)=N/c2ccc(-c3noc(C)n3)cc2)c1. The monoisotopic (exact) mass is 468 g/mol. The third-order valence-corrected chi connectivity index (χ3v) is 5.20. The predicted molar refractivity (Wildman–Crippen MR) is 132 cm³/mol. The number of hydrogen-bond acceptors (Lipinski definition) is 7. The summed E-state index contributed by atoms with van der Waals surface area (Å²) in [5, 5.41) is 3.93. The van der Waals surface area contributed by atoms with Gasteiger partial charge in [-0.2, -0.15) is 4.98 Å². The first-order valence-electron chi connectivity index (χ1n) is 10.7. The third kappa shape index (κ3) is 6.65. The van der Waals surface area contributed by atoms with E-state index in [-0.39, 0.29) is 11.9 Å². The largest absolute Gasteiger partial charge is 0.486 e. The minimum absolute atomic E-state index is 0.162. The molecule has 0 aliphatic rings. The zero-order valence-electron chi connectivity index (χ0n) is 19.8. The van der Waals surface area contributed by atoms with Crippen LogP contribution in [0.4, 0.5) is 10.1 Å². The number of hydrogen-bond donors (Lipinski definition) is 0. The van der Waals surface area contributed by atoms with Crippen molar-refractivity contribution in [3.05, 3.63) is 65.0 Å². The summed E-state index contributed by atoms with van der Waals surface area (Å²) in [6.45, 7) is 6.38. The van der Waals surface area contributed by atoms with Gasteiger partial charge in [0.05, 0.1) is 11.4 Å². The van der Waals surface area contributed by atoms with Crippen molar-refractivity contribution in [1.82, 2.24) is 15.0 Å². The number of aliphatic imine (C=N–C) groups is 1. The molecule has 1 atom stereocenters. The Labute approximate surface area is 199 Å². The number of thioether (sulfide) groups is 1. The number of halogens is 1. The van der Waals surface area contributed by atoms with Crippen LogP contribution in [-0.4, -0.2) is 53.8 Å². The number of likely N-dealkylation sites (N-methyl/N-ethyl adjacent to an activating group) is 1. The second-order valence-corrected chi connectivity index (χ2v) is 8.56. The zero-order chi connectivity index (χ0) is 24.0. The minimum atomic E-state index is -0.433. The third-order valence-electron chi connectivity index (χ3n) is 4.81. The highest BCUT2D eigenvalue weighted by Crippen LogP contribution is 2.29. The lowest BCUT2D eigenvalue weighted by atomic mass is 10.0. The number of aryl methyl sites for hydroxylation is 2. The molecule has 0 amide bonds. The fraction of sp³-hybridized carbons (Fsp3) is 0.360. The van der Waals surface area contributed by atoms with Gasteiger partial charge in [0.1, 0.15) is 11.9 Å². The van der Waals surface area contributed by atoms with Crippen molar-refractivity contribution in [2.45, 2.75) is 33.3 Å².